The van der Waals surface area contributed by atoms with Gasteiger partial charge in [-0.1, -0.05) is 12.1 Å². The Balaban J connectivity index is 2.27. The standard InChI is InChI=1S/C12H11ClN4O/c13-7-11(14)15-9-3-1-8(2-4-9)10-5-6-12(18)17-16-10/h1-6H,7H2,(H2,14,15)(H,17,18). The molecule has 0 aliphatic rings. The fourth-order valence-electron chi connectivity index (χ4n) is 1.41. The number of rotatable bonds is 3. The zero-order chi connectivity index (χ0) is 13.0. The summed E-state index contributed by atoms with van der Waals surface area (Å²) >= 11 is 5.54. The van der Waals surface area contributed by atoms with E-state index in [0.717, 1.165) is 11.3 Å². The van der Waals surface area contributed by atoms with Crippen molar-refractivity contribution in [1.29, 1.82) is 0 Å². The third kappa shape index (κ3) is 2.95. The van der Waals surface area contributed by atoms with E-state index in [1.54, 1.807) is 6.07 Å². The molecule has 1 aromatic heterocycles. The Labute approximate surface area is 108 Å². The molecule has 92 valence electrons. The number of benzene rings is 1. The molecular formula is C12H11ClN4O. The van der Waals surface area contributed by atoms with Gasteiger partial charge in [-0.05, 0) is 18.2 Å². The minimum atomic E-state index is -0.227. The molecule has 0 spiro atoms. The second kappa shape index (κ2) is 5.46. The predicted octanol–water partition coefficient (Wildman–Crippen LogP) is 1.66. The molecule has 6 heteroatoms. The molecule has 3 N–H and O–H groups in total. The summed E-state index contributed by atoms with van der Waals surface area (Å²) in [7, 11) is 0. The summed E-state index contributed by atoms with van der Waals surface area (Å²) in [6.45, 7) is 0. The topological polar surface area (TPSA) is 84.1 Å². The molecule has 0 unspecified atom stereocenters. The van der Waals surface area contributed by atoms with Gasteiger partial charge in [-0.15, -0.1) is 11.6 Å². The number of H-pyrrole nitrogens is 1. The first-order valence-electron chi connectivity index (χ1n) is 5.24. The van der Waals surface area contributed by atoms with E-state index in [1.165, 1.54) is 6.07 Å². The highest BCUT2D eigenvalue weighted by atomic mass is 35.5. The quantitative estimate of drug-likeness (QED) is 0.501. The third-order valence-corrected chi connectivity index (χ3v) is 2.53. The average molecular weight is 263 g/mol. The lowest BCUT2D eigenvalue weighted by Gasteiger charge is -2.01. The van der Waals surface area contributed by atoms with Gasteiger partial charge in [0.15, 0.2) is 0 Å². The van der Waals surface area contributed by atoms with E-state index < -0.39 is 0 Å². The van der Waals surface area contributed by atoms with Gasteiger partial charge in [0.1, 0.15) is 5.84 Å². The van der Waals surface area contributed by atoms with Crippen LogP contribution in [0.25, 0.3) is 11.3 Å². The number of amidine groups is 1. The van der Waals surface area contributed by atoms with Crippen LogP contribution in [0.3, 0.4) is 0 Å². The number of hydrogen-bond acceptors (Lipinski definition) is 3. The van der Waals surface area contributed by atoms with Crippen molar-refractivity contribution < 1.29 is 0 Å². The van der Waals surface area contributed by atoms with Crippen LogP contribution in [0.4, 0.5) is 5.69 Å². The Morgan fingerprint density at radius 2 is 2.00 bits per heavy atom. The fraction of sp³-hybridized carbons (Fsp3) is 0.0833. The van der Waals surface area contributed by atoms with Crippen LogP contribution in [0.1, 0.15) is 0 Å². The Hall–Kier alpha value is -2.14. The Bertz CT molecular complexity index is 598. The molecule has 0 saturated heterocycles. The van der Waals surface area contributed by atoms with Crippen LogP contribution >= 0.6 is 11.6 Å². The molecule has 0 radical (unpaired) electrons. The van der Waals surface area contributed by atoms with Crippen molar-refractivity contribution in [3.63, 3.8) is 0 Å². The summed E-state index contributed by atoms with van der Waals surface area (Å²) in [4.78, 5) is 15.0. The van der Waals surface area contributed by atoms with Crippen LogP contribution < -0.4 is 11.3 Å². The van der Waals surface area contributed by atoms with Crippen LogP contribution in [0.15, 0.2) is 46.2 Å². The maximum Gasteiger partial charge on any atom is 0.264 e. The van der Waals surface area contributed by atoms with E-state index in [-0.39, 0.29) is 11.4 Å². The molecule has 5 nitrogen and oxygen atoms in total. The van der Waals surface area contributed by atoms with Gasteiger partial charge in [0, 0.05) is 11.6 Å². The Kier molecular flexibility index (Phi) is 3.74. The van der Waals surface area contributed by atoms with Crippen molar-refractivity contribution in [2.45, 2.75) is 0 Å². The maximum atomic E-state index is 10.9. The smallest absolute Gasteiger partial charge is 0.264 e. The predicted molar refractivity (Wildman–Crippen MR) is 72.3 cm³/mol. The molecule has 0 aliphatic heterocycles. The number of aliphatic imine (C=N–C) groups is 1. The summed E-state index contributed by atoms with van der Waals surface area (Å²) in [5.41, 5.74) is 7.61. The largest absolute Gasteiger partial charge is 0.386 e. The van der Waals surface area contributed by atoms with E-state index >= 15 is 0 Å². The van der Waals surface area contributed by atoms with Crippen molar-refractivity contribution in [3.05, 3.63) is 46.8 Å². The van der Waals surface area contributed by atoms with Gasteiger partial charge in [0.2, 0.25) is 0 Å². The maximum absolute atomic E-state index is 10.9. The summed E-state index contributed by atoms with van der Waals surface area (Å²) in [6.07, 6.45) is 0. The van der Waals surface area contributed by atoms with Crippen molar-refractivity contribution in [1.82, 2.24) is 10.2 Å². The first-order chi connectivity index (χ1) is 8.69. The highest BCUT2D eigenvalue weighted by molar-refractivity contribution is 6.28. The number of alkyl halides is 1. The molecule has 0 saturated carbocycles. The molecule has 2 rings (SSSR count). The van der Waals surface area contributed by atoms with E-state index in [2.05, 4.69) is 15.2 Å². The zero-order valence-corrected chi connectivity index (χ0v) is 10.2. The van der Waals surface area contributed by atoms with Crippen molar-refractivity contribution >= 4 is 23.1 Å². The average Bonchev–Trinajstić information content (AvgIpc) is 2.40. The number of halogens is 1. The highest BCUT2D eigenvalue weighted by Gasteiger charge is 1.99. The van der Waals surface area contributed by atoms with Crippen LogP contribution in [0.2, 0.25) is 0 Å². The molecule has 0 atom stereocenters. The molecule has 1 heterocycles. The molecule has 0 bridgehead atoms. The van der Waals surface area contributed by atoms with E-state index in [9.17, 15) is 4.79 Å². The first-order valence-corrected chi connectivity index (χ1v) is 5.77. The third-order valence-electron chi connectivity index (χ3n) is 2.25. The monoisotopic (exact) mass is 262 g/mol. The molecule has 0 amide bonds. The highest BCUT2D eigenvalue weighted by Crippen LogP contribution is 2.19. The van der Waals surface area contributed by atoms with E-state index in [4.69, 9.17) is 17.3 Å². The van der Waals surface area contributed by atoms with Crippen LogP contribution in [0.5, 0.6) is 0 Å². The van der Waals surface area contributed by atoms with Crippen molar-refractivity contribution in [2.24, 2.45) is 10.7 Å². The van der Waals surface area contributed by atoms with Crippen molar-refractivity contribution in [2.75, 3.05) is 5.88 Å². The second-order valence-corrected chi connectivity index (χ2v) is 3.86. The second-order valence-electron chi connectivity index (χ2n) is 3.59. The SMILES string of the molecule is NC(CCl)=Nc1ccc(-c2ccc(=O)[nH]n2)cc1. The van der Waals surface area contributed by atoms with Gasteiger partial charge in [-0.2, -0.15) is 5.10 Å². The summed E-state index contributed by atoms with van der Waals surface area (Å²) in [5.74, 6) is 0.565. The molecule has 18 heavy (non-hydrogen) atoms. The minimum absolute atomic E-state index is 0.198. The number of hydrogen-bond donors (Lipinski definition) is 2. The van der Waals surface area contributed by atoms with Crippen LogP contribution in [0, 0.1) is 0 Å². The van der Waals surface area contributed by atoms with Gasteiger partial charge >= 0.3 is 0 Å². The number of nitrogens with zero attached hydrogens (tertiary/aromatic N) is 2. The normalized spacial score (nSPS) is 11.5. The molecule has 0 aliphatic carbocycles. The number of nitrogens with one attached hydrogen (secondary N) is 1. The lowest BCUT2D eigenvalue weighted by Crippen LogP contribution is -2.12. The van der Waals surface area contributed by atoms with Gasteiger partial charge in [0.25, 0.3) is 5.56 Å². The Morgan fingerprint density at radius 3 is 2.56 bits per heavy atom. The van der Waals surface area contributed by atoms with Gasteiger partial charge in [-0.25, -0.2) is 10.1 Å². The van der Waals surface area contributed by atoms with Crippen LogP contribution in [-0.4, -0.2) is 21.9 Å². The fourth-order valence-corrected chi connectivity index (χ4v) is 1.47. The molecule has 1 aromatic carbocycles. The Morgan fingerprint density at radius 1 is 1.28 bits per heavy atom. The molecule has 0 fully saturated rings. The van der Waals surface area contributed by atoms with Crippen molar-refractivity contribution in [3.8, 4) is 11.3 Å². The van der Waals surface area contributed by atoms with Crippen LogP contribution in [-0.2, 0) is 0 Å². The lowest BCUT2D eigenvalue weighted by atomic mass is 10.1. The van der Waals surface area contributed by atoms with Gasteiger partial charge in [0.05, 0.1) is 17.3 Å². The molecular weight excluding hydrogens is 252 g/mol. The summed E-state index contributed by atoms with van der Waals surface area (Å²) in [6, 6.07) is 10.4. The molecule has 2 aromatic rings. The first kappa shape index (κ1) is 12.3. The number of aromatic amines is 1. The van der Waals surface area contributed by atoms with E-state index in [0.29, 0.717) is 11.5 Å². The lowest BCUT2D eigenvalue weighted by molar-refractivity contribution is 0.995. The summed E-state index contributed by atoms with van der Waals surface area (Å²) < 4.78 is 0. The zero-order valence-electron chi connectivity index (χ0n) is 9.43. The minimum Gasteiger partial charge on any atom is -0.386 e. The van der Waals surface area contributed by atoms with E-state index in [1.807, 2.05) is 24.3 Å². The summed E-state index contributed by atoms with van der Waals surface area (Å²) in [5, 5.41) is 6.32. The number of nitrogens with two attached hydrogens (primary N) is 1. The van der Waals surface area contributed by atoms with Gasteiger partial charge < -0.3 is 5.73 Å². The number of aromatic nitrogens is 2. The van der Waals surface area contributed by atoms with Gasteiger partial charge in [-0.3, -0.25) is 4.79 Å².